The van der Waals surface area contributed by atoms with Gasteiger partial charge in [0.25, 0.3) is 0 Å². The zero-order valence-corrected chi connectivity index (χ0v) is 16.0. The first-order valence-corrected chi connectivity index (χ1v) is 9.10. The predicted molar refractivity (Wildman–Crippen MR) is 96.5 cm³/mol. The van der Waals surface area contributed by atoms with E-state index < -0.39 is 29.1 Å². The first-order chi connectivity index (χ1) is 13.0. The van der Waals surface area contributed by atoms with E-state index in [1.165, 1.54) is 7.11 Å². The fourth-order valence-electron chi connectivity index (χ4n) is 3.36. The quantitative estimate of drug-likeness (QED) is 0.505. The SMILES string of the molecule is CCOC(=O)C(C(=O)OCC)C(=O)C1(c2cccc(OC)c2)CCOCC1. The van der Waals surface area contributed by atoms with Crippen LogP contribution in [0.15, 0.2) is 24.3 Å². The van der Waals surface area contributed by atoms with Crippen LogP contribution in [-0.4, -0.2) is 51.3 Å². The van der Waals surface area contributed by atoms with Crippen molar-refractivity contribution in [1.29, 1.82) is 0 Å². The van der Waals surface area contributed by atoms with E-state index in [2.05, 4.69) is 0 Å². The number of hydrogen-bond acceptors (Lipinski definition) is 7. The summed E-state index contributed by atoms with van der Waals surface area (Å²) in [6, 6.07) is 7.12. The number of methoxy groups -OCH3 is 1. The lowest BCUT2D eigenvalue weighted by atomic mass is 9.67. The van der Waals surface area contributed by atoms with Crippen LogP contribution in [0.4, 0.5) is 0 Å². The number of Topliss-reactive ketones (excluding diaryl/α,β-unsaturated/α-hetero) is 1. The molecular weight excluding hydrogens is 352 g/mol. The van der Waals surface area contributed by atoms with Gasteiger partial charge in [0.1, 0.15) is 5.75 Å². The number of hydrogen-bond donors (Lipinski definition) is 0. The first kappa shape index (κ1) is 20.9. The van der Waals surface area contributed by atoms with Crippen LogP contribution in [0, 0.1) is 5.92 Å². The maximum atomic E-state index is 13.6. The highest BCUT2D eigenvalue weighted by Crippen LogP contribution is 2.39. The van der Waals surface area contributed by atoms with Gasteiger partial charge in [-0.15, -0.1) is 0 Å². The second-order valence-corrected chi connectivity index (χ2v) is 6.23. The monoisotopic (exact) mass is 378 g/mol. The van der Waals surface area contributed by atoms with E-state index in [4.69, 9.17) is 18.9 Å². The normalized spacial score (nSPS) is 15.9. The highest BCUT2D eigenvalue weighted by atomic mass is 16.6. The highest BCUT2D eigenvalue weighted by molar-refractivity contribution is 6.18. The number of rotatable bonds is 8. The Hall–Kier alpha value is -2.41. The van der Waals surface area contributed by atoms with E-state index in [0.717, 1.165) is 0 Å². The molecule has 0 N–H and O–H groups in total. The molecule has 1 aromatic rings. The molecule has 1 aromatic carbocycles. The molecule has 1 saturated heterocycles. The Bertz CT molecular complexity index is 659. The van der Waals surface area contributed by atoms with Gasteiger partial charge in [0.15, 0.2) is 5.78 Å². The van der Waals surface area contributed by atoms with Crippen molar-refractivity contribution in [3.63, 3.8) is 0 Å². The second kappa shape index (κ2) is 9.50. The Morgan fingerprint density at radius 3 is 2.19 bits per heavy atom. The van der Waals surface area contributed by atoms with Crippen LogP contribution >= 0.6 is 0 Å². The summed E-state index contributed by atoms with van der Waals surface area (Å²) in [6.45, 7) is 4.07. The third-order valence-electron chi connectivity index (χ3n) is 4.75. The molecule has 0 bridgehead atoms. The molecule has 0 atom stereocenters. The molecule has 1 heterocycles. The summed E-state index contributed by atoms with van der Waals surface area (Å²) in [5.74, 6) is -3.30. The van der Waals surface area contributed by atoms with Crippen molar-refractivity contribution >= 4 is 17.7 Å². The minimum Gasteiger partial charge on any atom is -0.497 e. The lowest BCUT2D eigenvalue weighted by molar-refractivity contribution is -0.166. The molecular formula is C20H26O7. The smallest absolute Gasteiger partial charge is 0.328 e. The molecule has 1 aliphatic rings. The van der Waals surface area contributed by atoms with E-state index in [1.807, 2.05) is 0 Å². The zero-order chi connectivity index (χ0) is 19.9. The molecule has 0 saturated carbocycles. The third kappa shape index (κ3) is 4.47. The van der Waals surface area contributed by atoms with E-state index in [-0.39, 0.29) is 13.2 Å². The molecule has 0 aliphatic carbocycles. The van der Waals surface area contributed by atoms with Crippen LogP contribution in [0.2, 0.25) is 0 Å². The minimum atomic E-state index is -1.62. The van der Waals surface area contributed by atoms with Gasteiger partial charge in [-0.3, -0.25) is 14.4 Å². The van der Waals surface area contributed by atoms with Crippen molar-refractivity contribution in [2.24, 2.45) is 5.92 Å². The van der Waals surface area contributed by atoms with Gasteiger partial charge in [0.05, 0.1) is 25.7 Å². The molecule has 0 aromatic heterocycles. The number of carbonyl (C=O) groups is 3. The molecule has 27 heavy (non-hydrogen) atoms. The molecule has 1 fully saturated rings. The summed E-state index contributed by atoms with van der Waals surface area (Å²) >= 11 is 0. The van der Waals surface area contributed by atoms with Gasteiger partial charge in [-0.05, 0) is 44.4 Å². The van der Waals surface area contributed by atoms with Gasteiger partial charge < -0.3 is 18.9 Å². The summed E-state index contributed by atoms with van der Waals surface area (Å²) in [5, 5.41) is 0. The Balaban J connectivity index is 2.50. The van der Waals surface area contributed by atoms with Gasteiger partial charge >= 0.3 is 11.9 Å². The average Bonchev–Trinajstić information content (AvgIpc) is 2.69. The summed E-state index contributed by atoms with van der Waals surface area (Å²) in [6.07, 6.45) is 0.711. The lowest BCUT2D eigenvalue weighted by Gasteiger charge is -2.37. The van der Waals surface area contributed by atoms with Crippen LogP contribution in [-0.2, 0) is 34.0 Å². The van der Waals surface area contributed by atoms with Gasteiger partial charge in [0, 0.05) is 13.2 Å². The van der Waals surface area contributed by atoms with E-state index in [0.29, 0.717) is 37.4 Å². The van der Waals surface area contributed by atoms with E-state index in [9.17, 15) is 14.4 Å². The molecule has 2 rings (SSSR count). The standard InChI is InChI=1S/C20H26O7/c1-4-26-18(22)16(19(23)27-5-2)17(21)20(9-11-25-12-10-20)14-7-6-8-15(13-14)24-3/h6-8,13,16H,4-5,9-12H2,1-3H3. The van der Waals surface area contributed by atoms with Crippen molar-refractivity contribution < 1.29 is 33.3 Å². The third-order valence-corrected chi connectivity index (χ3v) is 4.75. The van der Waals surface area contributed by atoms with Gasteiger partial charge in [0.2, 0.25) is 5.92 Å². The van der Waals surface area contributed by atoms with E-state index >= 15 is 0 Å². The van der Waals surface area contributed by atoms with Crippen LogP contribution in [0.5, 0.6) is 5.75 Å². The number of carbonyl (C=O) groups excluding carboxylic acids is 3. The fraction of sp³-hybridized carbons (Fsp3) is 0.550. The van der Waals surface area contributed by atoms with Gasteiger partial charge in [-0.1, -0.05) is 12.1 Å². The van der Waals surface area contributed by atoms with Gasteiger partial charge in [-0.2, -0.15) is 0 Å². The van der Waals surface area contributed by atoms with Crippen molar-refractivity contribution in [3.05, 3.63) is 29.8 Å². The minimum absolute atomic E-state index is 0.0668. The van der Waals surface area contributed by atoms with Crippen LogP contribution in [0.1, 0.15) is 32.3 Å². The molecule has 0 unspecified atom stereocenters. The van der Waals surface area contributed by atoms with Crippen molar-refractivity contribution in [2.75, 3.05) is 33.5 Å². The molecule has 0 radical (unpaired) electrons. The molecule has 148 valence electrons. The van der Waals surface area contributed by atoms with Crippen LogP contribution in [0.25, 0.3) is 0 Å². The summed E-state index contributed by atoms with van der Waals surface area (Å²) in [5.41, 5.74) is -0.356. The summed E-state index contributed by atoms with van der Waals surface area (Å²) < 4.78 is 20.7. The molecule has 1 aliphatic heterocycles. The Labute approximate surface area is 158 Å². The number of esters is 2. The largest absolute Gasteiger partial charge is 0.497 e. The maximum Gasteiger partial charge on any atom is 0.328 e. The lowest BCUT2D eigenvalue weighted by Crippen LogP contribution is -2.49. The highest BCUT2D eigenvalue weighted by Gasteiger charge is 2.50. The van der Waals surface area contributed by atoms with Crippen molar-refractivity contribution in [1.82, 2.24) is 0 Å². The molecule has 7 nitrogen and oxygen atoms in total. The second-order valence-electron chi connectivity index (χ2n) is 6.23. The molecule has 0 spiro atoms. The Morgan fingerprint density at radius 2 is 1.67 bits per heavy atom. The maximum absolute atomic E-state index is 13.6. The zero-order valence-electron chi connectivity index (χ0n) is 16.0. The molecule has 7 heteroatoms. The van der Waals surface area contributed by atoms with Crippen molar-refractivity contribution in [2.45, 2.75) is 32.1 Å². The summed E-state index contributed by atoms with van der Waals surface area (Å²) in [7, 11) is 1.54. The van der Waals surface area contributed by atoms with Gasteiger partial charge in [-0.25, -0.2) is 0 Å². The fourth-order valence-corrected chi connectivity index (χ4v) is 3.36. The summed E-state index contributed by atoms with van der Waals surface area (Å²) in [4.78, 5) is 38.4. The average molecular weight is 378 g/mol. The number of ether oxygens (including phenoxy) is 4. The van der Waals surface area contributed by atoms with Crippen molar-refractivity contribution in [3.8, 4) is 5.75 Å². The Morgan fingerprint density at radius 1 is 1.07 bits per heavy atom. The Kier molecular flexibility index (Phi) is 7.36. The predicted octanol–water partition coefficient (Wildman–Crippen LogP) is 2.05. The number of benzene rings is 1. The number of ketones is 1. The van der Waals surface area contributed by atoms with Crippen LogP contribution in [0.3, 0.4) is 0 Å². The van der Waals surface area contributed by atoms with E-state index in [1.54, 1.807) is 38.1 Å². The topological polar surface area (TPSA) is 88.1 Å². The first-order valence-electron chi connectivity index (χ1n) is 9.10. The van der Waals surface area contributed by atoms with Crippen LogP contribution < -0.4 is 4.74 Å². The molecule has 0 amide bonds.